The molecule has 0 aliphatic carbocycles. The second-order valence-electron chi connectivity index (χ2n) is 5.80. The van der Waals surface area contributed by atoms with Gasteiger partial charge in [0.2, 0.25) is 0 Å². The number of piperidine rings is 1. The van der Waals surface area contributed by atoms with Crippen LogP contribution >= 0.6 is 0 Å². The molecule has 3 rings (SSSR count). The largest absolute Gasteiger partial charge is 0.396 e. The molecule has 2 aromatic rings. The zero-order chi connectivity index (χ0) is 15.4. The van der Waals surface area contributed by atoms with Crippen LogP contribution in [0.4, 0.5) is 0 Å². The van der Waals surface area contributed by atoms with Crippen LogP contribution in [0, 0.1) is 5.92 Å². The first kappa shape index (κ1) is 15.1. The van der Waals surface area contributed by atoms with Crippen LogP contribution < -0.4 is 0 Å². The second kappa shape index (κ2) is 6.96. The normalized spacial score (nSPS) is 22.6. The number of nitrogens with zero attached hydrogens (tertiary/aromatic N) is 3. The maximum atomic E-state index is 9.81. The summed E-state index contributed by atoms with van der Waals surface area (Å²) in [5.74, 6) is -0.0468. The lowest BCUT2D eigenvalue weighted by atomic mass is 9.95. The Labute approximate surface area is 130 Å². The van der Waals surface area contributed by atoms with Crippen molar-refractivity contribution in [3.8, 4) is 11.4 Å². The Morgan fingerprint density at radius 1 is 1.14 bits per heavy atom. The molecule has 0 saturated carbocycles. The minimum atomic E-state index is -0.383. The van der Waals surface area contributed by atoms with E-state index in [0.717, 1.165) is 36.6 Å². The highest BCUT2D eigenvalue weighted by Crippen LogP contribution is 2.19. The van der Waals surface area contributed by atoms with Crippen molar-refractivity contribution < 1.29 is 10.2 Å². The van der Waals surface area contributed by atoms with E-state index in [4.69, 9.17) is 0 Å². The number of rotatable bonds is 4. The lowest BCUT2D eigenvalue weighted by molar-refractivity contribution is -0.00203. The van der Waals surface area contributed by atoms with Crippen molar-refractivity contribution in [3.05, 3.63) is 48.3 Å². The number of aromatic nitrogens is 2. The molecular weight excluding hydrogens is 278 g/mol. The third-order valence-corrected chi connectivity index (χ3v) is 4.17. The smallest absolute Gasteiger partial charge is 0.0886 e. The van der Waals surface area contributed by atoms with Crippen LogP contribution in [0.1, 0.15) is 12.0 Å². The summed E-state index contributed by atoms with van der Waals surface area (Å²) in [5.41, 5.74) is 2.87. The standard InChI is InChI=1S/C17H21N3O2/c21-12-14-11-20(8-6-17(14)22)10-13-4-5-16(19-9-13)15-3-1-2-7-18-15/h1-5,7,9,14,17,21-22H,6,8,10-12H2. The van der Waals surface area contributed by atoms with E-state index in [1.807, 2.05) is 30.5 Å². The Morgan fingerprint density at radius 2 is 2.00 bits per heavy atom. The minimum absolute atomic E-state index is 0.0362. The maximum absolute atomic E-state index is 9.81. The highest BCUT2D eigenvalue weighted by molar-refractivity contribution is 5.53. The first-order valence-electron chi connectivity index (χ1n) is 7.64. The van der Waals surface area contributed by atoms with Crippen molar-refractivity contribution in [2.45, 2.75) is 19.1 Å². The van der Waals surface area contributed by atoms with Crippen molar-refractivity contribution in [3.63, 3.8) is 0 Å². The van der Waals surface area contributed by atoms with E-state index < -0.39 is 0 Å². The Kier molecular flexibility index (Phi) is 4.77. The Balaban J connectivity index is 1.64. The fraction of sp³-hybridized carbons (Fsp3) is 0.412. The number of hydrogen-bond donors (Lipinski definition) is 2. The highest BCUT2D eigenvalue weighted by atomic mass is 16.3. The van der Waals surface area contributed by atoms with E-state index in [1.54, 1.807) is 6.20 Å². The zero-order valence-corrected chi connectivity index (χ0v) is 12.5. The average Bonchev–Trinajstić information content (AvgIpc) is 2.58. The van der Waals surface area contributed by atoms with Gasteiger partial charge in [-0.25, -0.2) is 0 Å². The lowest BCUT2D eigenvalue weighted by Crippen LogP contribution is -2.44. The van der Waals surface area contributed by atoms with E-state index in [-0.39, 0.29) is 18.6 Å². The number of pyridine rings is 2. The van der Waals surface area contributed by atoms with Gasteiger partial charge in [-0.3, -0.25) is 14.9 Å². The fourth-order valence-electron chi connectivity index (χ4n) is 2.86. The van der Waals surface area contributed by atoms with Gasteiger partial charge in [-0.15, -0.1) is 0 Å². The summed E-state index contributed by atoms with van der Waals surface area (Å²) < 4.78 is 0. The van der Waals surface area contributed by atoms with Gasteiger partial charge in [-0.05, 0) is 30.2 Å². The number of hydrogen-bond acceptors (Lipinski definition) is 5. The maximum Gasteiger partial charge on any atom is 0.0886 e. The van der Waals surface area contributed by atoms with E-state index in [2.05, 4.69) is 20.9 Å². The molecule has 5 heteroatoms. The van der Waals surface area contributed by atoms with Gasteiger partial charge in [0, 0.05) is 44.6 Å². The molecule has 0 bridgehead atoms. The summed E-state index contributed by atoms with van der Waals surface area (Å²) in [5, 5.41) is 19.1. The molecule has 2 N–H and O–H groups in total. The summed E-state index contributed by atoms with van der Waals surface area (Å²) in [6, 6.07) is 9.84. The molecule has 0 spiro atoms. The average molecular weight is 299 g/mol. The third kappa shape index (κ3) is 3.50. The van der Waals surface area contributed by atoms with Gasteiger partial charge in [-0.1, -0.05) is 12.1 Å². The molecule has 3 heterocycles. The molecule has 0 radical (unpaired) electrons. The monoisotopic (exact) mass is 299 g/mol. The van der Waals surface area contributed by atoms with Crippen LogP contribution in [0.2, 0.25) is 0 Å². The van der Waals surface area contributed by atoms with Crippen LogP contribution in [-0.2, 0) is 6.54 Å². The van der Waals surface area contributed by atoms with Gasteiger partial charge in [0.15, 0.2) is 0 Å². The molecule has 2 unspecified atom stereocenters. The lowest BCUT2D eigenvalue weighted by Gasteiger charge is -2.35. The predicted molar refractivity (Wildman–Crippen MR) is 83.9 cm³/mol. The topological polar surface area (TPSA) is 69.5 Å². The Hall–Kier alpha value is -1.82. The summed E-state index contributed by atoms with van der Waals surface area (Å²) >= 11 is 0. The molecule has 1 aliphatic heterocycles. The van der Waals surface area contributed by atoms with Crippen molar-refractivity contribution in [1.82, 2.24) is 14.9 Å². The van der Waals surface area contributed by atoms with Gasteiger partial charge in [0.1, 0.15) is 0 Å². The van der Waals surface area contributed by atoms with E-state index in [1.165, 1.54) is 0 Å². The van der Waals surface area contributed by atoms with E-state index >= 15 is 0 Å². The van der Waals surface area contributed by atoms with Crippen molar-refractivity contribution in [2.75, 3.05) is 19.7 Å². The summed E-state index contributed by atoms with van der Waals surface area (Å²) in [7, 11) is 0. The molecule has 116 valence electrons. The van der Waals surface area contributed by atoms with Crippen LogP contribution in [0.5, 0.6) is 0 Å². The van der Waals surface area contributed by atoms with Crippen LogP contribution in [0.25, 0.3) is 11.4 Å². The molecule has 0 aromatic carbocycles. The summed E-state index contributed by atoms with van der Waals surface area (Å²) in [6.07, 6.45) is 3.97. The molecule has 22 heavy (non-hydrogen) atoms. The van der Waals surface area contributed by atoms with Crippen molar-refractivity contribution in [1.29, 1.82) is 0 Å². The van der Waals surface area contributed by atoms with Crippen LogP contribution in [-0.4, -0.2) is 50.9 Å². The first-order valence-corrected chi connectivity index (χ1v) is 7.64. The summed E-state index contributed by atoms with van der Waals surface area (Å²) in [4.78, 5) is 11.0. The SMILES string of the molecule is OCC1CN(Cc2ccc(-c3ccccn3)nc2)CCC1O. The van der Waals surface area contributed by atoms with Crippen molar-refractivity contribution in [2.24, 2.45) is 5.92 Å². The summed E-state index contributed by atoms with van der Waals surface area (Å²) in [6.45, 7) is 2.40. The molecule has 2 atom stereocenters. The molecule has 1 fully saturated rings. The molecule has 1 saturated heterocycles. The zero-order valence-electron chi connectivity index (χ0n) is 12.5. The molecule has 0 amide bonds. The number of aliphatic hydroxyl groups is 2. The Bertz CT molecular complexity index is 589. The number of aliphatic hydroxyl groups excluding tert-OH is 2. The van der Waals surface area contributed by atoms with Gasteiger partial charge in [0.05, 0.1) is 17.5 Å². The predicted octanol–water partition coefficient (Wildman–Crippen LogP) is 1.32. The molecule has 1 aliphatic rings. The molecule has 5 nitrogen and oxygen atoms in total. The molecule has 2 aromatic heterocycles. The van der Waals surface area contributed by atoms with Crippen LogP contribution in [0.3, 0.4) is 0 Å². The second-order valence-corrected chi connectivity index (χ2v) is 5.80. The fourth-order valence-corrected chi connectivity index (χ4v) is 2.86. The third-order valence-electron chi connectivity index (χ3n) is 4.17. The van der Waals surface area contributed by atoms with Gasteiger partial charge in [-0.2, -0.15) is 0 Å². The van der Waals surface area contributed by atoms with Gasteiger partial charge < -0.3 is 10.2 Å². The van der Waals surface area contributed by atoms with Crippen LogP contribution in [0.15, 0.2) is 42.7 Å². The van der Waals surface area contributed by atoms with E-state index in [9.17, 15) is 10.2 Å². The first-order chi connectivity index (χ1) is 10.8. The Morgan fingerprint density at radius 3 is 2.68 bits per heavy atom. The number of likely N-dealkylation sites (tertiary alicyclic amines) is 1. The highest BCUT2D eigenvalue weighted by Gasteiger charge is 2.26. The van der Waals surface area contributed by atoms with Gasteiger partial charge >= 0.3 is 0 Å². The van der Waals surface area contributed by atoms with Gasteiger partial charge in [0.25, 0.3) is 0 Å². The van der Waals surface area contributed by atoms with Crippen molar-refractivity contribution >= 4 is 0 Å². The van der Waals surface area contributed by atoms with E-state index in [0.29, 0.717) is 6.42 Å². The molecular formula is C17H21N3O2. The minimum Gasteiger partial charge on any atom is -0.396 e. The quantitative estimate of drug-likeness (QED) is 0.891.